The summed E-state index contributed by atoms with van der Waals surface area (Å²) in [4.78, 5) is -0.803. The second kappa shape index (κ2) is 2.72. The summed E-state index contributed by atoms with van der Waals surface area (Å²) in [7, 11) is -4.51. The van der Waals surface area contributed by atoms with Gasteiger partial charge in [0.15, 0.2) is 0 Å². The number of halogens is 1. The molecule has 0 saturated carbocycles. The van der Waals surface area contributed by atoms with E-state index in [4.69, 9.17) is 10.3 Å². The lowest BCUT2D eigenvalue weighted by atomic mass is 10.3. The van der Waals surface area contributed by atoms with Crippen molar-refractivity contribution < 1.29 is 17.4 Å². The van der Waals surface area contributed by atoms with Gasteiger partial charge < -0.3 is 5.73 Å². The summed E-state index contributed by atoms with van der Waals surface area (Å²) < 4.78 is 42.1. The highest BCUT2D eigenvalue weighted by molar-refractivity contribution is 7.85. The van der Waals surface area contributed by atoms with Gasteiger partial charge in [0.1, 0.15) is 10.7 Å². The molecule has 6 heteroatoms. The maximum atomic E-state index is 12.7. The summed E-state index contributed by atoms with van der Waals surface area (Å²) in [5.74, 6) is -1.02. The Balaban J connectivity index is 3.43. The highest BCUT2D eigenvalue weighted by atomic mass is 32.2. The maximum absolute atomic E-state index is 12.7. The number of rotatable bonds is 1. The fourth-order valence-corrected chi connectivity index (χ4v) is 1.32. The Kier molecular flexibility index (Phi) is 2.03. The van der Waals surface area contributed by atoms with Gasteiger partial charge in [0.25, 0.3) is 10.1 Å². The van der Waals surface area contributed by atoms with Crippen molar-refractivity contribution in [3.8, 4) is 0 Å². The Labute approximate surface area is 68.6 Å². The number of anilines is 1. The Morgan fingerprint density at radius 3 is 2.42 bits per heavy atom. The second-order valence-corrected chi connectivity index (χ2v) is 3.55. The Hall–Kier alpha value is -1.14. The molecule has 1 aromatic carbocycles. The van der Waals surface area contributed by atoms with E-state index in [0.717, 1.165) is 12.1 Å². The number of hydrogen-bond acceptors (Lipinski definition) is 3. The largest absolute Gasteiger partial charge is 0.399 e. The quantitative estimate of drug-likeness (QED) is 0.504. The van der Waals surface area contributed by atoms with Crippen molar-refractivity contribution in [3.63, 3.8) is 0 Å². The first-order valence-corrected chi connectivity index (χ1v) is 4.38. The molecule has 0 heterocycles. The molecule has 12 heavy (non-hydrogen) atoms. The van der Waals surface area contributed by atoms with E-state index in [2.05, 4.69) is 0 Å². The topological polar surface area (TPSA) is 80.4 Å². The van der Waals surface area contributed by atoms with Gasteiger partial charge in [-0.15, -0.1) is 0 Å². The SMILES string of the molecule is Nc1ccc(F)c(S(=O)(=O)O)c1. The van der Waals surface area contributed by atoms with E-state index in [1.165, 1.54) is 6.07 Å². The Morgan fingerprint density at radius 2 is 2.00 bits per heavy atom. The van der Waals surface area contributed by atoms with Crippen LogP contribution in [0.25, 0.3) is 0 Å². The first kappa shape index (κ1) is 8.95. The van der Waals surface area contributed by atoms with Gasteiger partial charge in [-0.05, 0) is 18.2 Å². The van der Waals surface area contributed by atoms with Crippen molar-refractivity contribution in [3.05, 3.63) is 24.0 Å². The molecule has 0 spiro atoms. The minimum atomic E-state index is -4.51. The third kappa shape index (κ3) is 1.72. The van der Waals surface area contributed by atoms with Gasteiger partial charge in [0, 0.05) is 5.69 Å². The fraction of sp³-hybridized carbons (Fsp3) is 0. The monoisotopic (exact) mass is 191 g/mol. The average molecular weight is 191 g/mol. The highest BCUT2D eigenvalue weighted by Gasteiger charge is 2.15. The second-order valence-electron chi connectivity index (χ2n) is 2.16. The predicted molar refractivity (Wildman–Crippen MR) is 40.6 cm³/mol. The predicted octanol–water partition coefficient (Wildman–Crippen LogP) is 0.655. The molecule has 0 bridgehead atoms. The van der Waals surface area contributed by atoms with Crippen LogP contribution in [0, 0.1) is 5.82 Å². The summed E-state index contributed by atoms with van der Waals surface area (Å²) in [6.45, 7) is 0. The van der Waals surface area contributed by atoms with Gasteiger partial charge in [-0.25, -0.2) is 4.39 Å². The van der Waals surface area contributed by atoms with Gasteiger partial charge in [-0.2, -0.15) is 8.42 Å². The molecule has 66 valence electrons. The average Bonchev–Trinajstić information content (AvgIpc) is 1.92. The number of nitrogen functional groups attached to an aromatic ring is 1. The van der Waals surface area contributed by atoms with Crippen LogP contribution >= 0.6 is 0 Å². The van der Waals surface area contributed by atoms with Crippen molar-refractivity contribution in [2.45, 2.75) is 4.90 Å². The van der Waals surface area contributed by atoms with Gasteiger partial charge >= 0.3 is 0 Å². The van der Waals surface area contributed by atoms with Crippen LogP contribution in [0.4, 0.5) is 10.1 Å². The van der Waals surface area contributed by atoms with Crippen LogP contribution in [0.3, 0.4) is 0 Å². The lowest BCUT2D eigenvalue weighted by molar-refractivity contribution is 0.473. The Morgan fingerprint density at radius 1 is 1.42 bits per heavy atom. The van der Waals surface area contributed by atoms with Gasteiger partial charge in [-0.3, -0.25) is 4.55 Å². The molecular weight excluding hydrogens is 185 g/mol. The molecule has 1 aromatic rings. The smallest absolute Gasteiger partial charge is 0.297 e. The molecule has 0 aliphatic heterocycles. The van der Waals surface area contributed by atoms with E-state index in [1.54, 1.807) is 0 Å². The van der Waals surface area contributed by atoms with Crippen LogP contribution in [0.1, 0.15) is 0 Å². The van der Waals surface area contributed by atoms with Crippen molar-refractivity contribution >= 4 is 15.8 Å². The molecule has 3 N–H and O–H groups in total. The number of hydrogen-bond donors (Lipinski definition) is 2. The van der Waals surface area contributed by atoms with Gasteiger partial charge in [-0.1, -0.05) is 0 Å². The zero-order valence-corrected chi connectivity index (χ0v) is 6.68. The lowest BCUT2D eigenvalue weighted by Crippen LogP contribution is -2.02. The van der Waals surface area contributed by atoms with Crippen LogP contribution in [0.5, 0.6) is 0 Å². The van der Waals surface area contributed by atoms with E-state index < -0.39 is 20.8 Å². The Bertz CT molecular complexity index is 401. The van der Waals surface area contributed by atoms with Gasteiger partial charge in [0.2, 0.25) is 0 Å². The minimum absolute atomic E-state index is 0.0732. The van der Waals surface area contributed by atoms with Crippen LogP contribution < -0.4 is 5.73 Å². The lowest BCUT2D eigenvalue weighted by Gasteiger charge is -1.99. The van der Waals surface area contributed by atoms with Crippen molar-refractivity contribution in [2.75, 3.05) is 5.73 Å². The first-order chi connectivity index (χ1) is 5.41. The molecule has 4 nitrogen and oxygen atoms in total. The molecule has 0 aromatic heterocycles. The maximum Gasteiger partial charge on any atom is 0.297 e. The van der Waals surface area contributed by atoms with E-state index in [-0.39, 0.29) is 5.69 Å². The number of nitrogens with two attached hydrogens (primary N) is 1. The van der Waals surface area contributed by atoms with E-state index in [9.17, 15) is 12.8 Å². The molecule has 0 aliphatic carbocycles. The van der Waals surface area contributed by atoms with E-state index >= 15 is 0 Å². The van der Waals surface area contributed by atoms with Crippen molar-refractivity contribution in [1.29, 1.82) is 0 Å². The molecular formula is C6H6FNO3S. The van der Waals surface area contributed by atoms with E-state index in [0.29, 0.717) is 0 Å². The summed E-state index contributed by atoms with van der Waals surface area (Å²) in [6, 6.07) is 2.92. The summed E-state index contributed by atoms with van der Waals surface area (Å²) in [5, 5.41) is 0. The molecule has 0 unspecified atom stereocenters. The van der Waals surface area contributed by atoms with Crippen molar-refractivity contribution in [1.82, 2.24) is 0 Å². The minimum Gasteiger partial charge on any atom is -0.399 e. The molecule has 0 fully saturated rings. The zero-order valence-electron chi connectivity index (χ0n) is 5.86. The normalized spacial score (nSPS) is 11.5. The molecule has 0 atom stereocenters. The highest BCUT2D eigenvalue weighted by Crippen LogP contribution is 2.16. The third-order valence-corrected chi connectivity index (χ3v) is 2.10. The standard InChI is InChI=1S/C6H6FNO3S/c7-5-2-1-4(8)3-6(5)12(9,10)11/h1-3H,8H2,(H,9,10,11). The number of benzene rings is 1. The summed E-state index contributed by atoms with van der Waals surface area (Å²) in [5.41, 5.74) is 5.26. The molecule has 1 rings (SSSR count). The molecule has 0 saturated heterocycles. The first-order valence-electron chi connectivity index (χ1n) is 2.94. The third-order valence-electron chi connectivity index (χ3n) is 1.23. The van der Waals surface area contributed by atoms with Crippen LogP contribution in [-0.2, 0) is 10.1 Å². The fourth-order valence-electron chi connectivity index (χ4n) is 0.718. The summed E-state index contributed by atoms with van der Waals surface area (Å²) >= 11 is 0. The van der Waals surface area contributed by atoms with Crippen LogP contribution in [0.15, 0.2) is 23.1 Å². The van der Waals surface area contributed by atoms with Crippen LogP contribution in [0.2, 0.25) is 0 Å². The molecule has 0 aliphatic rings. The van der Waals surface area contributed by atoms with E-state index in [1.807, 2.05) is 0 Å². The zero-order chi connectivity index (χ0) is 9.35. The van der Waals surface area contributed by atoms with Gasteiger partial charge in [0.05, 0.1) is 0 Å². The molecule has 0 amide bonds. The van der Waals surface area contributed by atoms with Crippen molar-refractivity contribution in [2.24, 2.45) is 0 Å². The van der Waals surface area contributed by atoms with Crippen LogP contribution in [-0.4, -0.2) is 13.0 Å². The molecule has 0 radical (unpaired) electrons. The summed E-state index contributed by atoms with van der Waals surface area (Å²) in [6.07, 6.45) is 0.